The molecule has 0 N–H and O–H groups in total. The smallest absolute Gasteiger partial charge is 0.260 e. The SMILES string of the molecule is CC(C)N(Cc1ccccc1)CN1C(=O)c2cccc3cccc1c23. The highest BCUT2D eigenvalue weighted by Crippen LogP contribution is 2.37. The van der Waals surface area contributed by atoms with Crippen LogP contribution in [0.15, 0.2) is 66.7 Å². The molecule has 3 aromatic carbocycles. The molecule has 1 heterocycles. The molecule has 1 aliphatic heterocycles. The van der Waals surface area contributed by atoms with Crippen molar-refractivity contribution in [3.8, 4) is 0 Å². The fraction of sp³-hybridized carbons (Fsp3) is 0.227. The van der Waals surface area contributed by atoms with E-state index < -0.39 is 0 Å². The summed E-state index contributed by atoms with van der Waals surface area (Å²) in [6.07, 6.45) is 0. The number of nitrogens with zero attached hydrogens (tertiary/aromatic N) is 2. The normalized spacial score (nSPS) is 13.4. The molecule has 0 aliphatic carbocycles. The lowest BCUT2D eigenvalue weighted by atomic mass is 10.1. The molecule has 25 heavy (non-hydrogen) atoms. The van der Waals surface area contributed by atoms with E-state index in [1.54, 1.807) is 0 Å². The van der Waals surface area contributed by atoms with Crippen molar-refractivity contribution >= 4 is 22.4 Å². The van der Waals surface area contributed by atoms with Crippen LogP contribution in [0.1, 0.15) is 29.8 Å². The van der Waals surface area contributed by atoms with Crippen LogP contribution in [0.25, 0.3) is 10.8 Å². The molecule has 4 rings (SSSR count). The summed E-state index contributed by atoms with van der Waals surface area (Å²) in [5, 5.41) is 2.21. The van der Waals surface area contributed by atoms with Gasteiger partial charge in [-0.3, -0.25) is 14.6 Å². The van der Waals surface area contributed by atoms with Crippen molar-refractivity contribution < 1.29 is 4.79 Å². The molecular weight excluding hydrogens is 308 g/mol. The van der Waals surface area contributed by atoms with Gasteiger partial charge in [0.15, 0.2) is 0 Å². The van der Waals surface area contributed by atoms with Gasteiger partial charge >= 0.3 is 0 Å². The second-order valence-corrected chi connectivity index (χ2v) is 6.88. The second kappa shape index (κ2) is 6.34. The Bertz CT molecular complexity index is 912. The maximum Gasteiger partial charge on any atom is 0.260 e. The summed E-state index contributed by atoms with van der Waals surface area (Å²) in [5.41, 5.74) is 3.10. The van der Waals surface area contributed by atoms with Crippen molar-refractivity contribution in [3.05, 3.63) is 77.9 Å². The Morgan fingerprint density at radius 1 is 0.920 bits per heavy atom. The zero-order valence-electron chi connectivity index (χ0n) is 14.6. The molecule has 3 nitrogen and oxygen atoms in total. The molecule has 0 spiro atoms. The van der Waals surface area contributed by atoms with Crippen molar-refractivity contribution in [2.75, 3.05) is 11.6 Å². The number of rotatable bonds is 5. The van der Waals surface area contributed by atoms with Crippen molar-refractivity contribution in [2.24, 2.45) is 0 Å². The van der Waals surface area contributed by atoms with E-state index in [0.29, 0.717) is 12.7 Å². The van der Waals surface area contributed by atoms with E-state index in [1.165, 1.54) is 5.56 Å². The molecular formula is C22H22N2O. The molecule has 0 bridgehead atoms. The zero-order valence-corrected chi connectivity index (χ0v) is 14.6. The van der Waals surface area contributed by atoms with Crippen LogP contribution in [-0.4, -0.2) is 23.5 Å². The van der Waals surface area contributed by atoms with Crippen LogP contribution in [0.3, 0.4) is 0 Å². The van der Waals surface area contributed by atoms with E-state index in [4.69, 9.17) is 0 Å². The average Bonchev–Trinajstić information content (AvgIpc) is 2.90. The fourth-order valence-corrected chi connectivity index (χ4v) is 3.51. The average molecular weight is 330 g/mol. The van der Waals surface area contributed by atoms with Gasteiger partial charge in [-0.1, -0.05) is 54.6 Å². The minimum Gasteiger partial charge on any atom is -0.294 e. The third-order valence-electron chi connectivity index (χ3n) is 4.93. The van der Waals surface area contributed by atoms with Crippen molar-refractivity contribution in [3.63, 3.8) is 0 Å². The van der Waals surface area contributed by atoms with Crippen molar-refractivity contribution in [1.29, 1.82) is 0 Å². The summed E-state index contributed by atoms with van der Waals surface area (Å²) < 4.78 is 0. The van der Waals surface area contributed by atoms with Crippen LogP contribution in [0.2, 0.25) is 0 Å². The first-order valence-corrected chi connectivity index (χ1v) is 8.77. The standard InChI is InChI=1S/C22H22N2O/c1-16(2)23(14-17-8-4-3-5-9-17)15-24-20-13-7-11-18-10-6-12-19(21(18)20)22(24)25/h3-13,16H,14-15H2,1-2H3. The Labute approximate surface area is 148 Å². The molecule has 0 atom stereocenters. The molecule has 0 aromatic heterocycles. The summed E-state index contributed by atoms with van der Waals surface area (Å²) in [6, 6.07) is 22.9. The fourth-order valence-electron chi connectivity index (χ4n) is 3.51. The summed E-state index contributed by atoms with van der Waals surface area (Å²) in [4.78, 5) is 17.2. The van der Waals surface area contributed by atoms with Gasteiger partial charge < -0.3 is 0 Å². The lowest BCUT2D eigenvalue weighted by molar-refractivity contribution is 0.0963. The molecule has 0 saturated carbocycles. The first-order chi connectivity index (χ1) is 12.1. The predicted molar refractivity (Wildman–Crippen MR) is 103 cm³/mol. The van der Waals surface area contributed by atoms with Crippen LogP contribution in [0.4, 0.5) is 5.69 Å². The maximum absolute atomic E-state index is 13.0. The monoisotopic (exact) mass is 330 g/mol. The second-order valence-electron chi connectivity index (χ2n) is 6.88. The van der Waals surface area contributed by atoms with Gasteiger partial charge in [0.2, 0.25) is 0 Å². The van der Waals surface area contributed by atoms with Crippen LogP contribution >= 0.6 is 0 Å². The predicted octanol–water partition coefficient (Wildman–Crippen LogP) is 4.67. The number of anilines is 1. The molecule has 1 aliphatic rings. The van der Waals surface area contributed by atoms with E-state index >= 15 is 0 Å². The number of hydrogen-bond acceptors (Lipinski definition) is 2. The van der Waals surface area contributed by atoms with E-state index in [-0.39, 0.29) is 5.91 Å². The molecule has 3 heteroatoms. The number of hydrogen-bond donors (Lipinski definition) is 0. The van der Waals surface area contributed by atoms with Gasteiger partial charge in [0, 0.05) is 23.5 Å². The lowest BCUT2D eigenvalue weighted by Crippen LogP contribution is -2.42. The zero-order chi connectivity index (χ0) is 17.4. The third-order valence-corrected chi connectivity index (χ3v) is 4.93. The molecule has 0 radical (unpaired) electrons. The van der Waals surface area contributed by atoms with Crippen LogP contribution in [0.5, 0.6) is 0 Å². The highest BCUT2D eigenvalue weighted by Gasteiger charge is 2.31. The minimum absolute atomic E-state index is 0.102. The van der Waals surface area contributed by atoms with Gasteiger partial charge in [-0.05, 0) is 36.9 Å². The first-order valence-electron chi connectivity index (χ1n) is 8.77. The molecule has 0 unspecified atom stereocenters. The molecule has 1 amide bonds. The number of carbonyl (C=O) groups excluding carboxylic acids is 1. The molecule has 0 fully saturated rings. The van der Waals surface area contributed by atoms with Crippen LogP contribution in [-0.2, 0) is 6.54 Å². The van der Waals surface area contributed by atoms with Crippen LogP contribution in [0, 0.1) is 0 Å². The van der Waals surface area contributed by atoms with Gasteiger partial charge in [-0.25, -0.2) is 0 Å². The highest BCUT2D eigenvalue weighted by atomic mass is 16.2. The van der Waals surface area contributed by atoms with Gasteiger partial charge in [0.05, 0.1) is 12.4 Å². The Morgan fingerprint density at radius 3 is 2.36 bits per heavy atom. The number of amides is 1. The summed E-state index contributed by atoms with van der Waals surface area (Å²) in [6.45, 7) is 5.78. The minimum atomic E-state index is 0.102. The Balaban J connectivity index is 1.66. The van der Waals surface area contributed by atoms with Gasteiger partial charge in [-0.2, -0.15) is 0 Å². The molecule has 126 valence electrons. The van der Waals surface area contributed by atoms with Gasteiger partial charge in [-0.15, -0.1) is 0 Å². The Hall–Kier alpha value is -2.65. The maximum atomic E-state index is 13.0. The highest BCUT2D eigenvalue weighted by molar-refractivity contribution is 6.24. The third kappa shape index (κ3) is 2.81. The van der Waals surface area contributed by atoms with Crippen molar-refractivity contribution in [2.45, 2.75) is 26.4 Å². The topological polar surface area (TPSA) is 23.6 Å². The summed E-state index contributed by atoms with van der Waals surface area (Å²) in [7, 11) is 0. The van der Waals surface area contributed by atoms with E-state index in [2.05, 4.69) is 61.2 Å². The lowest BCUT2D eigenvalue weighted by Gasteiger charge is -2.31. The van der Waals surface area contributed by atoms with Gasteiger partial charge in [0.1, 0.15) is 0 Å². The van der Waals surface area contributed by atoms with E-state index in [1.807, 2.05) is 29.2 Å². The van der Waals surface area contributed by atoms with E-state index in [0.717, 1.165) is 28.6 Å². The number of benzene rings is 3. The summed E-state index contributed by atoms with van der Waals surface area (Å²) in [5.74, 6) is 0.102. The van der Waals surface area contributed by atoms with Gasteiger partial charge in [0.25, 0.3) is 5.91 Å². The Morgan fingerprint density at radius 2 is 1.64 bits per heavy atom. The van der Waals surface area contributed by atoms with E-state index in [9.17, 15) is 4.79 Å². The molecule has 3 aromatic rings. The first kappa shape index (κ1) is 15.9. The molecule has 0 saturated heterocycles. The van der Waals surface area contributed by atoms with Crippen LogP contribution < -0.4 is 4.90 Å². The largest absolute Gasteiger partial charge is 0.294 e. The number of carbonyl (C=O) groups is 1. The summed E-state index contributed by atoms with van der Waals surface area (Å²) >= 11 is 0. The Kier molecular flexibility index (Phi) is 4.02. The quantitative estimate of drug-likeness (QED) is 0.679. The van der Waals surface area contributed by atoms with Crippen molar-refractivity contribution in [1.82, 2.24) is 4.90 Å².